The molecule has 1 heteroatoms. The number of aryl methyl sites for hydroxylation is 1. The Kier molecular flexibility index (Phi) is 5.97. The summed E-state index contributed by atoms with van der Waals surface area (Å²) in [5, 5.41) is 5.28. The summed E-state index contributed by atoms with van der Waals surface area (Å²) in [6, 6.07) is 48.3. The molecule has 0 N–H and O–H groups in total. The fourth-order valence-electron chi connectivity index (χ4n) is 5.17. The van der Waals surface area contributed by atoms with E-state index in [9.17, 15) is 0 Å². The molecule has 0 unspecified atom stereocenters. The van der Waals surface area contributed by atoms with Gasteiger partial charge in [0.15, 0.2) is 0 Å². The largest absolute Gasteiger partial charge is 0.337 e. The second-order valence-electron chi connectivity index (χ2n) is 9.54. The molecular weight excluding hydrogens is 434 g/mol. The zero-order chi connectivity index (χ0) is 24.3. The van der Waals surface area contributed by atoms with Crippen LogP contribution in [-0.2, 0) is 13.0 Å². The summed E-state index contributed by atoms with van der Waals surface area (Å²) in [6.45, 7) is 3.01. The summed E-state index contributed by atoms with van der Waals surface area (Å²) >= 11 is 0. The van der Waals surface area contributed by atoms with Gasteiger partial charge in [0.2, 0.25) is 0 Å². The number of para-hydroxylation sites is 2. The van der Waals surface area contributed by atoms with Gasteiger partial charge in [0, 0.05) is 17.9 Å². The molecule has 0 aromatic heterocycles. The van der Waals surface area contributed by atoms with Gasteiger partial charge < -0.3 is 4.90 Å². The highest BCUT2D eigenvalue weighted by atomic mass is 15.1. The van der Waals surface area contributed by atoms with E-state index in [2.05, 4.69) is 145 Å². The van der Waals surface area contributed by atoms with Crippen LogP contribution in [-0.4, -0.2) is 0 Å². The Morgan fingerprint density at radius 2 is 1.06 bits per heavy atom. The van der Waals surface area contributed by atoms with Crippen LogP contribution in [0.5, 0.6) is 0 Å². The molecule has 6 aromatic carbocycles. The van der Waals surface area contributed by atoms with Gasteiger partial charge in [-0.15, -0.1) is 0 Å². The topological polar surface area (TPSA) is 3.24 Å². The van der Waals surface area contributed by atoms with E-state index in [1.807, 2.05) is 0 Å². The van der Waals surface area contributed by atoms with Crippen molar-refractivity contribution < 1.29 is 0 Å². The molecule has 0 heterocycles. The average Bonchev–Trinajstić information content (AvgIpc) is 2.94. The first-order chi connectivity index (χ1) is 17.7. The number of hydrogen-bond acceptors (Lipinski definition) is 1. The summed E-state index contributed by atoms with van der Waals surface area (Å²) in [7, 11) is 0. The molecule has 0 bridgehead atoms. The number of anilines is 2. The summed E-state index contributed by atoms with van der Waals surface area (Å²) in [6.07, 6.45) is 0.939. The van der Waals surface area contributed by atoms with Crippen molar-refractivity contribution in [2.75, 3.05) is 4.90 Å². The molecule has 6 rings (SSSR count). The molecule has 0 aliphatic rings. The van der Waals surface area contributed by atoms with E-state index >= 15 is 0 Å². The van der Waals surface area contributed by atoms with Crippen LogP contribution < -0.4 is 4.90 Å². The van der Waals surface area contributed by atoms with Gasteiger partial charge in [-0.25, -0.2) is 0 Å². The van der Waals surface area contributed by atoms with Gasteiger partial charge in [0.05, 0.1) is 0 Å². The van der Waals surface area contributed by atoms with E-state index < -0.39 is 0 Å². The molecule has 0 aliphatic heterocycles. The number of benzene rings is 6. The lowest BCUT2D eigenvalue weighted by Gasteiger charge is -2.25. The maximum Gasteiger partial charge on any atom is 0.0481 e. The lowest BCUT2D eigenvalue weighted by atomic mass is 9.94. The summed E-state index contributed by atoms with van der Waals surface area (Å²) in [4.78, 5) is 2.37. The van der Waals surface area contributed by atoms with Crippen molar-refractivity contribution in [1.29, 1.82) is 0 Å². The molecule has 0 amide bonds. The standard InChI is InChI=1S/C35H29N/c1-26-16-19-31(35-15-9-8-14-34(26)35)23-27-17-20-30-24-28(18-21-29(30)22-27)25-36(32-10-4-2-5-11-32)33-12-6-3-7-13-33/h2-22,24H,23,25H2,1H3. The highest BCUT2D eigenvalue weighted by molar-refractivity contribution is 5.89. The number of fused-ring (bicyclic) bond motifs is 2. The van der Waals surface area contributed by atoms with Crippen molar-refractivity contribution >= 4 is 32.9 Å². The molecule has 0 atom stereocenters. The van der Waals surface area contributed by atoms with Crippen molar-refractivity contribution in [2.24, 2.45) is 0 Å². The maximum absolute atomic E-state index is 2.37. The Hall–Kier alpha value is -4.36. The number of hydrogen-bond donors (Lipinski definition) is 0. The molecule has 0 aliphatic carbocycles. The normalized spacial score (nSPS) is 11.1. The number of nitrogens with zero attached hydrogens (tertiary/aromatic N) is 1. The van der Waals surface area contributed by atoms with E-state index in [0.29, 0.717) is 0 Å². The minimum atomic E-state index is 0.821. The lowest BCUT2D eigenvalue weighted by Crippen LogP contribution is -2.16. The Balaban J connectivity index is 1.29. The van der Waals surface area contributed by atoms with Crippen LogP contribution >= 0.6 is 0 Å². The molecule has 0 fully saturated rings. The van der Waals surface area contributed by atoms with Gasteiger partial charge in [-0.05, 0) is 87.5 Å². The Labute approximate surface area is 213 Å². The predicted octanol–water partition coefficient (Wildman–Crippen LogP) is 9.23. The van der Waals surface area contributed by atoms with Crippen LogP contribution in [0.1, 0.15) is 22.3 Å². The van der Waals surface area contributed by atoms with Crippen molar-refractivity contribution in [2.45, 2.75) is 19.9 Å². The second kappa shape index (κ2) is 9.71. The summed E-state index contributed by atoms with van der Waals surface area (Å²) in [5.41, 5.74) is 7.76. The van der Waals surface area contributed by atoms with Crippen LogP contribution in [0.15, 0.2) is 133 Å². The number of rotatable bonds is 6. The van der Waals surface area contributed by atoms with Crippen LogP contribution in [0.2, 0.25) is 0 Å². The third-order valence-electron chi connectivity index (χ3n) is 7.07. The quantitative estimate of drug-likeness (QED) is 0.238. The maximum atomic E-state index is 2.37. The highest BCUT2D eigenvalue weighted by Crippen LogP contribution is 2.29. The van der Waals surface area contributed by atoms with Crippen LogP contribution in [0, 0.1) is 6.92 Å². The third kappa shape index (κ3) is 4.48. The van der Waals surface area contributed by atoms with Gasteiger partial charge in [0.25, 0.3) is 0 Å². The molecule has 0 radical (unpaired) electrons. The van der Waals surface area contributed by atoms with Gasteiger partial charge >= 0.3 is 0 Å². The molecule has 1 nitrogen and oxygen atoms in total. The minimum absolute atomic E-state index is 0.821. The minimum Gasteiger partial charge on any atom is -0.337 e. The summed E-state index contributed by atoms with van der Waals surface area (Å²) < 4.78 is 0. The van der Waals surface area contributed by atoms with Crippen molar-refractivity contribution in [3.05, 3.63) is 156 Å². The third-order valence-corrected chi connectivity index (χ3v) is 7.07. The van der Waals surface area contributed by atoms with Gasteiger partial charge in [-0.3, -0.25) is 0 Å². The van der Waals surface area contributed by atoms with Crippen molar-refractivity contribution in [1.82, 2.24) is 0 Å². The molecule has 6 aromatic rings. The monoisotopic (exact) mass is 463 g/mol. The zero-order valence-electron chi connectivity index (χ0n) is 20.6. The molecule has 0 spiro atoms. The molecular formula is C35H29N. The van der Waals surface area contributed by atoms with Crippen LogP contribution in [0.4, 0.5) is 11.4 Å². The van der Waals surface area contributed by atoms with Gasteiger partial charge in [-0.2, -0.15) is 0 Å². The fourth-order valence-corrected chi connectivity index (χ4v) is 5.17. The van der Waals surface area contributed by atoms with Crippen LogP contribution in [0.25, 0.3) is 21.5 Å². The summed E-state index contributed by atoms with van der Waals surface area (Å²) in [5.74, 6) is 0. The Morgan fingerprint density at radius 3 is 1.72 bits per heavy atom. The second-order valence-corrected chi connectivity index (χ2v) is 9.54. The highest BCUT2D eigenvalue weighted by Gasteiger charge is 2.11. The van der Waals surface area contributed by atoms with Gasteiger partial charge in [-0.1, -0.05) is 103 Å². The predicted molar refractivity (Wildman–Crippen MR) is 154 cm³/mol. The Bertz CT molecular complexity index is 1590. The zero-order valence-corrected chi connectivity index (χ0v) is 20.6. The van der Waals surface area contributed by atoms with E-state index in [1.165, 1.54) is 55.2 Å². The fraction of sp³-hybridized carbons (Fsp3) is 0.0857. The van der Waals surface area contributed by atoms with Crippen molar-refractivity contribution in [3.63, 3.8) is 0 Å². The molecule has 174 valence electrons. The van der Waals surface area contributed by atoms with Gasteiger partial charge in [0.1, 0.15) is 0 Å². The van der Waals surface area contributed by atoms with Crippen LogP contribution in [0.3, 0.4) is 0 Å². The SMILES string of the molecule is Cc1ccc(Cc2ccc3cc(CN(c4ccccc4)c4ccccc4)ccc3c2)c2ccccc12. The first kappa shape index (κ1) is 22.1. The molecule has 36 heavy (non-hydrogen) atoms. The first-order valence-corrected chi connectivity index (χ1v) is 12.6. The molecule has 0 saturated carbocycles. The van der Waals surface area contributed by atoms with E-state index in [1.54, 1.807) is 0 Å². The van der Waals surface area contributed by atoms with E-state index in [-0.39, 0.29) is 0 Å². The average molecular weight is 464 g/mol. The van der Waals surface area contributed by atoms with E-state index in [4.69, 9.17) is 0 Å². The van der Waals surface area contributed by atoms with E-state index in [0.717, 1.165) is 13.0 Å². The Morgan fingerprint density at radius 1 is 0.500 bits per heavy atom. The first-order valence-electron chi connectivity index (χ1n) is 12.6. The van der Waals surface area contributed by atoms with Crippen molar-refractivity contribution in [3.8, 4) is 0 Å². The lowest BCUT2D eigenvalue weighted by molar-refractivity contribution is 0.977. The molecule has 0 saturated heterocycles. The smallest absolute Gasteiger partial charge is 0.0481 e.